The van der Waals surface area contributed by atoms with Crippen molar-refractivity contribution in [2.75, 3.05) is 45.9 Å². The standard InChI is InChI=1S/C18H25F3N2O2/c19-18(20,21)15-3-5-16(6-4-15)25-13-14-2-1-8-23(11-14)12-17-10-22-7-9-24-17/h3-6,14,17,22H,1-2,7-13H2. The average molecular weight is 358 g/mol. The van der Waals surface area contributed by atoms with Gasteiger partial charge in [0.15, 0.2) is 0 Å². The molecule has 25 heavy (non-hydrogen) atoms. The summed E-state index contributed by atoms with van der Waals surface area (Å²) in [5, 5.41) is 3.34. The average Bonchev–Trinajstić information content (AvgIpc) is 2.61. The molecule has 2 aliphatic heterocycles. The maximum absolute atomic E-state index is 12.6. The van der Waals surface area contributed by atoms with Gasteiger partial charge in [-0.05, 0) is 43.7 Å². The molecule has 2 atom stereocenters. The van der Waals surface area contributed by atoms with E-state index in [1.165, 1.54) is 12.1 Å². The van der Waals surface area contributed by atoms with E-state index in [0.717, 1.165) is 64.3 Å². The largest absolute Gasteiger partial charge is 0.493 e. The van der Waals surface area contributed by atoms with Gasteiger partial charge >= 0.3 is 6.18 Å². The summed E-state index contributed by atoms with van der Waals surface area (Å²) in [5.41, 5.74) is -0.648. The SMILES string of the molecule is FC(F)(F)c1ccc(OCC2CCCN(CC3CNCCO3)C2)cc1. The molecule has 0 aliphatic carbocycles. The topological polar surface area (TPSA) is 33.7 Å². The Morgan fingerprint density at radius 3 is 2.72 bits per heavy atom. The van der Waals surface area contributed by atoms with Crippen molar-refractivity contribution >= 4 is 0 Å². The summed E-state index contributed by atoms with van der Waals surface area (Å²) in [7, 11) is 0. The van der Waals surface area contributed by atoms with Crippen LogP contribution in [0.2, 0.25) is 0 Å². The Morgan fingerprint density at radius 2 is 2.04 bits per heavy atom. The quantitative estimate of drug-likeness (QED) is 0.878. The molecule has 2 fully saturated rings. The third-order valence-electron chi connectivity index (χ3n) is 4.74. The van der Waals surface area contributed by atoms with Crippen molar-refractivity contribution in [1.29, 1.82) is 0 Å². The van der Waals surface area contributed by atoms with Crippen molar-refractivity contribution < 1.29 is 22.6 Å². The first-order chi connectivity index (χ1) is 12.0. The van der Waals surface area contributed by atoms with Gasteiger partial charge in [0.1, 0.15) is 5.75 Å². The number of piperidine rings is 1. The lowest BCUT2D eigenvalue weighted by Gasteiger charge is -2.36. The third kappa shape index (κ3) is 5.59. The number of benzene rings is 1. The minimum atomic E-state index is -4.31. The van der Waals surface area contributed by atoms with E-state index in [0.29, 0.717) is 18.3 Å². The normalized spacial score (nSPS) is 25.7. The highest BCUT2D eigenvalue weighted by Crippen LogP contribution is 2.30. The summed E-state index contributed by atoms with van der Waals surface area (Å²) >= 11 is 0. The van der Waals surface area contributed by atoms with Gasteiger partial charge in [-0.15, -0.1) is 0 Å². The van der Waals surface area contributed by atoms with Gasteiger partial charge in [-0.3, -0.25) is 0 Å². The molecule has 1 N–H and O–H groups in total. The molecule has 4 nitrogen and oxygen atoms in total. The number of alkyl halides is 3. The van der Waals surface area contributed by atoms with Crippen LogP contribution >= 0.6 is 0 Å². The minimum Gasteiger partial charge on any atom is -0.493 e. The molecule has 0 bridgehead atoms. The van der Waals surface area contributed by atoms with Gasteiger partial charge in [-0.1, -0.05) is 0 Å². The summed E-state index contributed by atoms with van der Waals surface area (Å²) in [5.74, 6) is 0.887. The van der Waals surface area contributed by atoms with Crippen LogP contribution in [-0.4, -0.2) is 56.9 Å². The number of hydrogen-bond donors (Lipinski definition) is 1. The van der Waals surface area contributed by atoms with Crippen molar-refractivity contribution in [3.05, 3.63) is 29.8 Å². The Bertz CT molecular complexity index is 530. The van der Waals surface area contributed by atoms with Gasteiger partial charge in [0.25, 0.3) is 0 Å². The number of likely N-dealkylation sites (tertiary alicyclic amines) is 1. The van der Waals surface area contributed by atoms with Crippen LogP contribution in [0.15, 0.2) is 24.3 Å². The molecule has 2 heterocycles. The van der Waals surface area contributed by atoms with Crippen LogP contribution in [-0.2, 0) is 10.9 Å². The van der Waals surface area contributed by atoms with Crippen LogP contribution in [0.25, 0.3) is 0 Å². The molecule has 0 saturated carbocycles. The first kappa shape index (κ1) is 18.5. The lowest BCUT2D eigenvalue weighted by molar-refractivity contribution is -0.137. The van der Waals surface area contributed by atoms with Crippen LogP contribution in [0.1, 0.15) is 18.4 Å². The maximum atomic E-state index is 12.6. The van der Waals surface area contributed by atoms with Gasteiger partial charge < -0.3 is 19.7 Å². The van der Waals surface area contributed by atoms with Gasteiger partial charge in [0.2, 0.25) is 0 Å². The highest BCUT2D eigenvalue weighted by Gasteiger charge is 2.30. The second-order valence-electron chi connectivity index (χ2n) is 6.80. The van der Waals surface area contributed by atoms with Gasteiger partial charge in [-0.2, -0.15) is 13.2 Å². The molecule has 0 radical (unpaired) electrons. The molecule has 3 rings (SSSR count). The van der Waals surface area contributed by atoms with E-state index in [9.17, 15) is 13.2 Å². The number of rotatable bonds is 5. The van der Waals surface area contributed by atoms with Crippen molar-refractivity contribution in [3.63, 3.8) is 0 Å². The van der Waals surface area contributed by atoms with Gasteiger partial charge in [0, 0.05) is 32.1 Å². The van der Waals surface area contributed by atoms with E-state index in [-0.39, 0.29) is 6.10 Å². The molecule has 1 aromatic carbocycles. The molecule has 2 unspecified atom stereocenters. The molecule has 140 valence electrons. The monoisotopic (exact) mass is 358 g/mol. The predicted molar refractivity (Wildman–Crippen MR) is 88.7 cm³/mol. The third-order valence-corrected chi connectivity index (χ3v) is 4.74. The zero-order valence-corrected chi connectivity index (χ0v) is 14.2. The fourth-order valence-corrected chi connectivity index (χ4v) is 3.43. The first-order valence-electron chi connectivity index (χ1n) is 8.85. The predicted octanol–water partition coefficient (Wildman–Crippen LogP) is 2.78. The summed E-state index contributed by atoms with van der Waals surface area (Å²) in [6.45, 7) is 6.04. The summed E-state index contributed by atoms with van der Waals surface area (Å²) < 4.78 is 49.2. The number of hydrogen-bond acceptors (Lipinski definition) is 4. The van der Waals surface area contributed by atoms with Gasteiger partial charge in [0.05, 0.1) is 24.9 Å². The lowest BCUT2D eigenvalue weighted by Crippen LogP contribution is -2.48. The molecule has 7 heteroatoms. The molecule has 1 aromatic rings. The number of halogens is 3. The highest BCUT2D eigenvalue weighted by molar-refractivity contribution is 5.28. The number of morpholine rings is 1. The Labute approximate surface area is 146 Å². The fourth-order valence-electron chi connectivity index (χ4n) is 3.43. The van der Waals surface area contributed by atoms with E-state index < -0.39 is 11.7 Å². The molecular formula is C18H25F3N2O2. The molecular weight excluding hydrogens is 333 g/mol. The van der Waals surface area contributed by atoms with Crippen molar-refractivity contribution in [2.45, 2.75) is 25.1 Å². The summed E-state index contributed by atoms with van der Waals surface area (Å²) in [4.78, 5) is 2.40. The Kier molecular flexibility index (Phi) is 6.19. The van der Waals surface area contributed by atoms with Gasteiger partial charge in [-0.25, -0.2) is 0 Å². The first-order valence-corrected chi connectivity index (χ1v) is 8.85. The minimum absolute atomic E-state index is 0.239. The van der Waals surface area contributed by atoms with Crippen molar-refractivity contribution in [3.8, 4) is 5.75 Å². The highest BCUT2D eigenvalue weighted by atomic mass is 19.4. The molecule has 0 spiro atoms. The van der Waals surface area contributed by atoms with Crippen LogP contribution < -0.4 is 10.1 Å². The van der Waals surface area contributed by atoms with Crippen molar-refractivity contribution in [2.24, 2.45) is 5.92 Å². The number of nitrogens with one attached hydrogen (secondary N) is 1. The lowest BCUT2D eigenvalue weighted by atomic mass is 9.98. The smallest absolute Gasteiger partial charge is 0.416 e. The van der Waals surface area contributed by atoms with Crippen LogP contribution in [0.4, 0.5) is 13.2 Å². The Balaban J connectivity index is 1.44. The van der Waals surface area contributed by atoms with E-state index in [4.69, 9.17) is 9.47 Å². The fraction of sp³-hybridized carbons (Fsp3) is 0.667. The Hall–Kier alpha value is -1.31. The zero-order chi connectivity index (χ0) is 17.7. The molecule has 0 aromatic heterocycles. The van der Waals surface area contributed by atoms with E-state index in [2.05, 4.69) is 10.2 Å². The molecule has 0 amide bonds. The number of nitrogens with zero attached hydrogens (tertiary/aromatic N) is 1. The van der Waals surface area contributed by atoms with Crippen LogP contribution in [0.5, 0.6) is 5.75 Å². The summed E-state index contributed by atoms with van der Waals surface area (Å²) in [6.07, 6.45) is -1.87. The Morgan fingerprint density at radius 1 is 1.24 bits per heavy atom. The van der Waals surface area contributed by atoms with Crippen molar-refractivity contribution in [1.82, 2.24) is 10.2 Å². The van der Waals surface area contributed by atoms with E-state index in [1.54, 1.807) is 0 Å². The summed E-state index contributed by atoms with van der Waals surface area (Å²) in [6, 6.07) is 4.92. The zero-order valence-electron chi connectivity index (χ0n) is 14.2. The second kappa shape index (κ2) is 8.38. The van der Waals surface area contributed by atoms with Crippen LogP contribution in [0.3, 0.4) is 0 Å². The molecule has 2 saturated heterocycles. The van der Waals surface area contributed by atoms with Crippen LogP contribution in [0, 0.1) is 5.92 Å². The maximum Gasteiger partial charge on any atom is 0.416 e. The van der Waals surface area contributed by atoms with E-state index in [1.807, 2.05) is 0 Å². The second-order valence-corrected chi connectivity index (χ2v) is 6.80. The van der Waals surface area contributed by atoms with E-state index >= 15 is 0 Å². The number of ether oxygens (including phenoxy) is 2. The molecule has 2 aliphatic rings.